The van der Waals surface area contributed by atoms with Crippen molar-refractivity contribution in [1.29, 1.82) is 0 Å². The second kappa shape index (κ2) is 6.31. The highest BCUT2D eigenvalue weighted by Crippen LogP contribution is 2.28. The molecule has 2 aromatic carbocycles. The Labute approximate surface area is 124 Å². The van der Waals surface area contributed by atoms with Crippen LogP contribution in [0.15, 0.2) is 48.5 Å². The van der Waals surface area contributed by atoms with Gasteiger partial charge >= 0.3 is 0 Å². The third-order valence-corrected chi connectivity index (χ3v) is 3.31. The zero-order valence-electron chi connectivity index (χ0n) is 12.2. The van der Waals surface area contributed by atoms with E-state index in [1.165, 1.54) is 18.2 Å². The number of carbonyl (C=O) groups is 1. The van der Waals surface area contributed by atoms with E-state index in [2.05, 4.69) is 0 Å². The molecule has 0 saturated carbocycles. The quantitative estimate of drug-likeness (QED) is 0.907. The minimum Gasteiger partial charge on any atom is -0.507 e. The first kappa shape index (κ1) is 14.9. The van der Waals surface area contributed by atoms with Gasteiger partial charge in [-0.25, -0.2) is 0 Å². The summed E-state index contributed by atoms with van der Waals surface area (Å²) in [6.45, 7) is 4.22. The van der Waals surface area contributed by atoms with Crippen molar-refractivity contribution in [3.8, 4) is 11.5 Å². The Morgan fingerprint density at radius 3 is 2.10 bits per heavy atom. The number of rotatable bonds is 4. The van der Waals surface area contributed by atoms with Gasteiger partial charge in [-0.1, -0.05) is 36.4 Å². The highest BCUT2D eigenvalue weighted by Gasteiger charge is 2.24. The maximum atomic E-state index is 12.6. The molecule has 0 aromatic heterocycles. The van der Waals surface area contributed by atoms with E-state index in [4.69, 9.17) is 0 Å². The molecule has 0 spiro atoms. The maximum absolute atomic E-state index is 12.6. The monoisotopic (exact) mass is 285 g/mol. The Morgan fingerprint density at radius 2 is 1.57 bits per heavy atom. The van der Waals surface area contributed by atoms with Crippen molar-refractivity contribution >= 4 is 5.91 Å². The van der Waals surface area contributed by atoms with E-state index in [1.54, 1.807) is 4.90 Å². The number of hydrogen-bond acceptors (Lipinski definition) is 3. The van der Waals surface area contributed by atoms with Crippen LogP contribution in [0.3, 0.4) is 0 Å². The fourth-order valence-electron chi connectivity index (χ4n) is 2.16. The second-order valence-electron chi connectivity index (χ2n) is 5.18. The van der Waals surface area contributed by atoms with Crippen LogP contribution < -0.4 is 0 Å². The molecular weight excluding hydrogens is 266 g/mol. The molecule has 0 atom stereocenters. The van der Waals surface area contributed by atoms with Gasteiger partial charge in [0.05, 0.1) is 0 Å². The molecule has 2 aromatic rings. The van der Waals surface area contributed by atoms with E-state index in [0.717, 1.165) is 5.56 Å². The molecule has 0 fully saturated rings. The summed E-state index contributed by atoms with van der Waals surface area (Å²) in [6, 6.07) is 13.9. The van der Waals surface area contributed by atoms with Gasteiger partial charge in [-0.3, -0.25) is 4.79 Å². The van der Waals surface area contributed by atoms with Crippen molar-refractivity contribution < 1.29 is 15.0 Å². The summed E-state index contributed by atoms with van der Waals surface area (Å²) in [5.74, 6) is -0.804. The number of phenols is 2. The molecule has 2 rings (SSSR count). The van der Waals surface area contributed by atoms with Gasteiger partial charge in [-0.2, -0.15) is 0 Å². The molecule has 1 amide bonds. The van der Waals surface area contributed by atoms with Gasteiger partial charge in [0.2, 0.25) is 0 Å². The molecule has 4 nitrogen and oxygen atoms in total. The van der Waals surface area contributed by atoms with E-state index in [1.807, 2.05) is 44.2 Å². The van der Waals surface area contributed by atoms with Gasteiger partial charge in [0.1, 0.15) is 17.1 Å². The average molecular weight is 285 g/mol. The summed E-state index contributed by atoms with van der Waals surface area (Å²) in [5, 5.41) is 19.7. The van der Waals surface area contributed by atoms with Gasteiger partial charge in [-0.15, -0.1) is 0 Å². The molecule has 0 aliphatic rings. The van der Waals surface area contributed by atoms with Crippen LogP contribution in [0.5, 0.6) is 11.5 Å². The molecule has 0 aliphatic carbocycles. The van der Waals surface area contributed by atoms with Crippen LogP contribution in [0, 0.1) is 0 Å². The number of hydrogen-bond donors (Lipinski definition) is 2. The van der Waals surface area contributed by atoms with Gasteiger partial charge in [0.15, 0.2) is 0 Å². The lowest BCUT2D eigenvalue weighted by Crippen LogP contribution is -2.36. The molecule has 110 valence electrons. The number of aromatic hydroxyl groups is 2. The third-order valence-electron chi connectivity index (χ3n) is 3.31. The lowest BCUT2D eigenvalue weighted by Gasteiger charge is -2.27. The Morgan fingerprint density at radius 1 is 1.00 bits per heavy atom. The molecule has 21 heavy (non-hydrogen) atoms. The summed E-state index contributed by atoms with van der Waals surface area (Å²) < 4.78 is 0. The summed E-state index contributed by atoms with van der Waals surface area (Å²) in [6.07, 6.45) is 0. The SMILES string of the molecule is CC(C)N(Cc1ccccc1)C(=O)c1c(O)cccc1O. The van der Waals surface area contributed by atoms with Crippen LogP contribution >= 0.6 is 0 Å². The second-order valence-corrected chi connectivity index (χ2v) is 5.18. The van der Waals surface area contributed by atoms with Crippen LogP contribution in [-0.2, 0) is 6.54 Å². The van der Waals surface area contributed by atoms with Gasteiger partial charge in [0.25, 0.3) is 5.91 Å². The van der Waals surface area contributed by atoms with E-state index in [9.17, 15) is 15.0 Å². The summed E-state index contributed by atoms with van der Waals surface area (Å²) in [4.78, 5) is 14.3. The number of benzene rings is 2. The fourth-order valence-corrected chi connectivity index (χ4v) is 2.16. The van der Waals surface area contributed by atoms with E-state index >= 15 is 0 Å². The van der Waals surface area contributed by atoms with Crippen molar-refractivity contribution in [2.75, 3.05) is 0 Å². The minimum atomic E-state index is -0.385. The van der Waals surface area contributed by atoms with Crippen LogP contribution in [0.2, 0.25) is 0 Å². The van der Waals surface area contributed by atoms with Crippen LogP contribution in [0.4, 0.5) is 0 Å². The predicted octanol–water partition coefficient (Wildman–Crippen LogP) is 3.15. The third kappa shape index (κ3) is 3.34. The van der Waals surface area contributed by atoms with Crippen molar-refractivity contribution in [3.05, 3.63) is 59.7 Å². The van der Waals surface area contributed by atoms with Crippen molar-refractivity contribution in [2.24, 2.45) is 0 Å². The largest absolute Gasteiger partial charge is 0.507 e. The lowest BCUT2D eigenvalue weighted by atomic mass is 10.1. The smallest absolute Gasteiger partial charge is 0.261 e. The standard InChI is InChI=1S/C17H19NO3/c1-12(2)18(11-13-7-4-3-5-8-13)17(21)16-14(19)9-6-10-15(16)20/h3-10,12,19-20H,11H2,1-2H3. The minimum absolute atomic E-state index is 0.0536. The number of carbonyl (C=O) groups excluding carboxylic acids is 1. The zero-order valence-corrected chi connectivity index (χ0v) is 12.2. The Balaban J connectivity index is 2.32. The lowest BCUT2D eigenvalue weighted by molar-refractivity contribution is 0.0684. The molecule has 0 aliphatic heterocycles. The highest BCUT2D eigenvalue weighted by molar-refractivity contribution is 5.99. The number of nitrogens with zero attached hydrogens (tertiary/aromatic N) is 1. The summed E-state index contributed by atoms with van der Waals surface area (Å²) in [5.41, 5.74) is 0.941. The fraction of sp³-hybridized carbons (Fsp3) is 0.235. The Hall–Kier alpha value is -2.49. The molecule has 2 N–H and O–H groups in total. The molecule has 0 bridgehead atoms. The zero-order chi connectivity index (χ0) is 15.4. The summed E-state index contributed by atoms with van der Waals surface area (Å²) in [7, 11) is 0. The first-order chi connectivity index (χ1) is 10.0. The van der Waals surface area contributed by atoms with Gasteiger partial charge in [-0.05, 0) is 31.5 Å². The molecule has 0 unspecified atom stereocenters. The highest BCUT2D eigenvalue weighted by atomic mass is 16.3. The normalized spacial score (nSPS) is 10.6. The first-order valence-electron chi connectivity index (χ1n) is 6.86. The molecule has 0 heterocycles. The van der Waals surface area contributed by atoms with Crippen LogP contribution in [0.25, 0.3) is 0 Å². The van der Waals surface area contributed by atoms with E-state index < -0.39 is 0 Å². The molecule has 0 radical (unpaired) electrons. The van der Waals surface area contributed by atoms with E-state index in [-0.39, 0.29) is 29.0 Å². The van der Waals surface area contributed by atoms with Crippen LogP contribution in [-0.4, -0.2) is 27.1 Å². The molecule has 0 saturated heterocycles. The topological polar surface area (TPSA) is 60.8 Å². The number of amides is 1. The maximum Gasteiger partial charge on any atom is 0.261 e. The first-order valence-corrected chi connectivity index (χ1v) is 6.86. The van der Waals surface area contributed by atoms with Gasteiger partial charge in [0, 0.05) is 12.6 Å². The predicted molar refractivity (Wildman–Crippen MR) is 81.2 cm³/mol. The molecular formula is C17H19NO3. The van der Waals surface area contributed by atoms with Crippen molar-refractivity contribution in [1.82, 2.24) is 4.90 Å². The molecule has 4 heteroatoms. The summed E-state index contributed by atoms with van der Waals surface area (Å²) >= 11 is 0. The van der Waals surface area contributed by atoms with E-state index in [0.29, 0.717) is 6.54 Å². The Kier molecular flexibility index (Phi) is 4.48. The van der Waals surface area contributed by atoms with Crippen molar-refractivity contribution in [3.63, 3.8) is 0 Å². The number of phenolic OH excluding ortho intramolecular Hbond substituents is 2. The van der Waals surface area contributed by atoms with Crippen molar-refractivity contribution in [2.45, 2.75) is 26.4 Å². The average Bonchev–Trinajstić information content (AvgIpc) is 2.45. The van der Waals surface area contributed by atoms with Crippen LogP contribution in [0.1, 0.15) is 29.8 Å². The van der Waals surface area contributed by atoms with Gasteiger partial charge < -0.3 is 15.1 Å². The Bertz CT molecular complexity index is 603.